The quantitative estimate of drug-likeness (QED) is 0.0933. The van der Waals surface area contributed by atoms with Gasteiger partial charge in [-0.3, -0.25) is 4.98 Å². The average Bonchev–Trinajstić information content (AvgIpc) is 3.36. The standard InChI is InChI=1S/C52H40N5O6P3/c1-7-21-42(22-8-1)51-39-43(40-52(54-51)50-33-19-20-38-53-50)41-34-36-49(37-35-41)63-66(62-48-31-17-6-18-32-48)56-64(58-44-23-9-2-10-24-44,59-45-25-11-3-12-26-45)55-65(57-66,60-46-27-13-4-14-28-46)61-47-29-15-5-16-30-47/h1-40H. The monoisotopic (exact) mass is 923 g/mol. The molecule has 2 aromatic heterocycles. The Morgan fingerprint density at radius 1 is 0.258 bits per heavy atom. The lowest BCUT2D eigenvalue weighted by atomic mass is 10.0. The Hall–Kier alpha value is -7.67. The molecular formula is C52H40N5O6P3. The number of para-hydroxylation sites is 5. The lowest BCUT2D eigenvalue weighted by molar-refractivity contribution is 0.443. The molecule has 0 fully saturated rings. The molecule has 9 aromatic rings. The van der Waals surface area contributed by atoms with Crippen molar-refractivity contribution in [2.45, 2.75) is 0 Å². The van der Waals surface area contributed by atoms with Crippen LogP contribution in [0.3, 0.4) is 0 Å². The first-order valence-corrected chi connectivity index (χ1v) is 25.5. The first-order valence-electron chi connectivity index (χ1n) is 20.9. The SMILES string of the molecule is c1ccc(OP2(Oc3ccccc3)=NP(Oc3ccccc3)(Oc3ccccc3)=NP(Oc3ccccc3)(Oc3ccc(-c4cc(-c5ccccc5)nc(-c5ccccn5)c4)cc3)=N2)cc1. The van der Waals surface area contributed by atoms with Gasteiger partial charge in [0.1, 0.15) is 34.5 Å². The molecule has 0 amide bonds. The minimum absolute atomic E-state index is 0.398. The molecule has 1 aliphatic rings. The fourth-order valence-electron chi connectivity index (χ4n) is 6.80. The summed E-state index contributed by atoms with van der Waals surface area (Å²) in [5, 5.41) is 0. The molecule has 0 saturated heterocycles. The Bertz CT molecular complexity index is 2980. The molecule has 0 spiro atoms. The maximum atomic E-state index is 7.09. The fraction of sp³-hybridized carbons (Fsp3) is 0. The number of benzene rings is 7. The summed E-state index contributed by atoms with van der Waals surface area (Å²) in [5.74, 6) is 2.58. The van der Waals surface area contributed by atoms with Crippen molar-refractivity contribution < 1.29 is 27.1 Å². The van der Waals surface area contributed by atoms with Gasteiger partial charge < -0.3 is 27.1 Å². The van der Waals surface area contributed by atoms with Crippen LogP contribution < -0.4 is 27.1 Å². The van der Waals surface area contributed by atoms with E-state index in [1.54, 1.807) is 6.20 Å². The molecule has 0 N–H and O–H groups in total. The van der Waals surface area contributed by atoms with Crippen LogP contribution in [0.1, 0.15) is 0 Å². The van der Waals surface area contributed by atoms with E-state index in [0.29, 0.717) is 34.5 Å². The highest BCUT2D eigenvalue weighted by Crippen LogP contribution is 2.78. The molecule has 1 aliphatic heterocycles. The van der Waals surface area contributed by atoms with E-state index in [4.69, 9.17) is 45.7 Å². The second-order valence-corrected chi connectivity index (χ2v) is 20.8. The Morgan fingerprint density at radius 2 is 0.591 bits per heavy atom. The molecule has 324 valence electrons. The Morgan fingerprint density at radius 3 is 0.955 bits per heavy atom. The first kappa shape index (κ1) is 42.3. The number of nitrogens with zero attached hydrogens (tertiary/aromatic N) is 5. The fourth-order valence-corrected chi connectivity index (χ4v) is 15.9. The van der Waals surface area contributed by atoms with Crippen LogP contribution in [0.4, 0.5) is 0 Å². The second-order valence-electron chi connectivity index (χ2n) is 14.6. The van der Waals surface area contributed by atoms with Gasteiger partial charge in [-0.15, -0.1) is 0 Å². The molecule has 11 nitrogen and oxygen atoms in total. The molecule has 66 heavy (non-hydrogen) atoms. The van der Waals surface area contributed by atoms with Crippen molar-refractivity contribution in [3.05, 3.63) is 243 Å². The van der Waals surface area contributed by atoms with Crippen LogP contribution in [-0.2, 0) is 0 Å². The third kappa shape index (κ3) is 10.2. The minimum atomic E-state index is -4.07. The summed E-state index contributed by atoms with van der Waals surface area (Å²) in [6.45, 7) is 0. The Labute approximate surface area is 383 Å². The van der Waals surface area contributed by atoms with Gasteiger partial charge in [-0.05, 0) is 108 Å². The highest BCUT2D eigenvalue weighted by Gasteiger charge is 2.49. The highest BCUT2D eigenvalue weighted by atomic mass is 31.3. The van der Waals surface area contributed by atoms with Crippen LogP contribution in [0.2, 0.25) is 0 Å². The molecule has 0 radical (unpaired) electrons. The lowest BCUT2D eigenvalue weighted by Gasteiger charge is -2.33. The molecule has 14 heteroatoms. The van der Waals surface area contributed by atoms with Crippen LogP contribution >= 0.6 is 23.0 Å². The molecule has 10 rings (SSSR count). The van der Waals surface area contributed by atoms with E-state index in [1.165, 1.54) is 0 Å². The predicted molar refractivity (Wildman–Crippen MR) is 262 cm³/mol. The normalized spacial score (nSPS) is 15.6. The number of hydrogen-bond donors (Lipinski definition) is 0. The molecule has 1 unspecified atom stereocenters. The van der Waals surface area contributed by atoms with Crippen LogP contribution in [0.5, 0.6) is 34.5 Å². The predicted octanol–water partition coefficient (Wildman–Crippen LogP) is 16.1. The molecular weight excluding hydrogens is 884 g/mol. The Balaban J connectivity index is 1.17. The molecule has 7 aromatic carbocycles. The smallest absolute Gasteiger partial charge is 0.413 e. The van der Waals surface area contributed by atoms with Crippen molar-refractivity contribution in [3.63, 3.8) is 0 Å². The van der Waals surface area contributed by atoms with Gasteiger partial charge in [0.05, 0.1) is 17.1 Å². The van der Waals surface area contributed by atoms with E-state index in [1.807, 2.05) is 231 Å². The van der Waals surface area contributed by atoms with E-state index in [-0.39, 0.29) is 0 Å². The average molecular weight is 924 g/mol. The maximum absolute atomic E-state index is 7.09. The van der Waals surface area contributed by atoms with Gasteiger partial charge in [-0.1, -0.05) is 153 Å². The third-order valence-corrected chi connectivity index (χ3v) is 17.9. The summed E-state index contributed by atoms with van der Waals surface area (Å²) in [6, 6.07) is 73.8. The van der Waals surface area contributed by atoms with E-state index < -0.39 is 23.0 Å². The first-order chi connectivity index (χ1) is 32.5. The zero-order chi connectivity index (χ0) is 44.5. The summed E-state index contributed by atoms with van der Waals surface area (Å²) >= 11 is 0. The summed E-state index contributed by atoms with van der Waals surface area (Å²) in [4.78, 5) is 9.63. The molecule has 0 saturated carbocycles. The largest absolute Gasteiger partial charge is 0.460 e. The van der Waals surface area contributed by atoms with Crippen molar-refractivity contribution >= 4 is 23.0 Å². The van der Waals surface area contributed by atoms with Gasteiger partial charge >= 0.3 is 23.0 Å². The molecule has 0 aliphatic carbocycles. The van der Waals surface area contributed by atoms with Gasteiger partial charge in [0, 0.05) is 11.8 Å². The van der Waals surface area contributed by atoms with E-state index >= 15 is 0 Å². The number of aromatic nitrogens is 2. The van der Waals surface area contributed by atoms with Gasteiger partial charge in [-0.25, -0.2) is 4.98 Å². The number of hydrogen-bond acceptors (Lipinski definition) is 11. The number of rotatable bonds is 15. The summed E-state index contributed by atoms with van der Waals surface area (Å²) < 4.78 is 57.6. The van der Waals surface area contributed by atoms with Crippen molar-refractivity contribution in [3.8, 4) is 68.3 Å². The second kappa shape index (κ2) is 19.2. The van der Waals surface area contributed by atoms with Gasteiger partial charge in [0.15, 0.2) is 0 Å². The van der Waals surface area contributed by atoms with E-state index in [0.717, 1.165) is 33.8 Å². The van der Waals surface area contributed by atoms with Crippen molar-refractivity contribution in [1.29, 1.82) is 0 Å². The molecule has 3 heterocycles. The van der Waals surface area contributed by atoms with Crippen LogP contribution in [0.25, 0.3) is 33.8 Å². The van der Waals surface area contributed by atoms with E-state index in [2.05, 4.69) is 11.1 Å². The lowest BCUT2D eigenvalue weighted by Crippen LogP contribution is -2.11. The van der Waals surface area contributed by atoms with Crippen molar-refractivity contribution in [2.75, 3.05) is 0 Å². The zero-order valence-electron chi connectivity index (χ0n) is 35.1. The van der Waals surface area contributed by atoms with Gasteiger partial charge in [-0.2, -0.15) is 0 Å². The Kier molecular flexibility index (Phi) is 12.3. The van der Waals surface area contributed by atoms with E-state index in [9.17, 15) is 0 Å². The van der Waals surface area contributed by atoms with Crippen LogP contribution in [0.15, 0.2) is 256 Å². The minimum Gasteiger partial charge on any atom is -0.413 e. The van der Waals surface area contributed by atoms with Crippen LogP contribution in [0, 0.1) is 0 Å². The van der Waals surface area contributed by atoms with Crippen molar-refractivity contribution in [1.82, 2.24) is 9.97 Å². The highest BCUT2D eigenvalue weighted by molar-refractivity contribution is 7.79. The molecule has 1 atom stereocenters. The maximum Gasteiger partial charge on any atom is 0.460 e. The summed E-state index contributed by atoms with van der Waals surface area (Å²) in [6.07, 6.45) is 1.77. The van der Waals surface area contributed by atoms with Crippen molar-refractivity contribution in [2.24, 2.45) is 13.5 Å². The topological polar surface area (TPSA) is 118 Å². The van der Waals surface area contributed by atoms with Gasteiger partial charge in [0.2, 0.25) is 0 Å². The number of pyridine rings is 2. The van der Waals surface area contributed by atoms with Gasteiger partial charge in [0.25, 0.3) is 0 Å². The summed E-state index contributed by atoms with van der Waals surface area (Å²) in [7, 11) is -12.1. The molecule has 0 bridgehead atoms. The summed E-state index contributed by atoms with van der Waals surface area (Å²) in [5.41, 5.74) is 5.14. The zero-order valence-corrected chi connectivity index (χ0v) is 37.8. The third-order valence-electron chi connectivity index (χ3n) is 9.75. The van der Waals surface area contributed by atoms with Crippen LogP contribution in [-0.4, -0.2) is 9.97 Å².